The maximum atomic E-state index is 11.7. The molecule has 0 radical (unpaired) electrons. The average molecular weight is 269 g/mol. The van der Waals surface area contributed by atoms with Crippen molar-refractivity contribution in [3.63, 3.8) is 0 Å². The summed E-state index contributed by atoms with van der Waals surface area (Å²) in [5.41, 5.74) is 5.54. The quantitative estimate of drug-likeness (QED) is 0.645. The van der Waals surface area contributed by atoms with Crippen LogP contribution in [0.1, 0.15) is 46.5 Å². The smallest absolute Gasteiger partial charge is 0.225 e. The Morgan fingerprint density at radius 3 is 2.32 bits per heavy atom. The summed E-state index contributed by atoms with van der Waals surface area (Å²) in [6.45, 7) is 6.54. The molecule has 0 saturated heterocycles. The lowest BCUT2D eigenvalue weighted by molar-refractivity contribution is -0.128. The van der Waals surface area contributed by atoms with Crippen LogP contribution in [0.15, 0.2) is 0 Å². The highest BCUT2D eigenvalue weighted by atomic mass is 16.2. The maximum absolute atomic E-state index is 11.7. The van der Waals surface area contributed by atoms with Gasteiger partial charge in [-0.25, -0.2) is 0 Å². The Labute approximate surface area is 115 Å². The van der Waals surface area contributed by atoms with Gasteiger partial charge in [-0.05, 0) is 18.8 Å². The first kappa shape index (κ1) is 16.0. The van der Waals surface area contributed by atoms with Crippen molar-refractivity contribution in [1.82, 2.24) is 10.6 Å². The fourth-order valence-corrected chi connectivity index (χ4v) is 2.27. The number of rotatable bonds is 5. The number of carbonyl (C=O) groups is 2. The summed E-state index contributed by atoms with van der Waals surface area (Å²) in [4.78, 5) is 23.3. The van der Waals surface area contributed by atoms with Gasteiger partial charge < -0.3 is 16.4 Å². The molecule has 19 heavy (non-hydrogen) atoms. The average Bonchev–Trinajstić information content (AvgIpc) is 2.69. The molecule has 1 rings (SSSR count). The Morgan fingerprint density at radius 2 is 1.79 bits per heavy atom. The Balaban J connectivity index is 2.12. The number of hydrogen-bond acceptors (Lipinski definition) is 3. The van der Waals surface area contributed by atoms with Crippen molar-refractivity contribution in [3.8, 4) is 0 Å². The van der Waals surface area contributed by atoms with E-state index in [4.69, 9.17) is 5.73 Å². The third-order valence-corrected chi connectivity index (χ3v) is 3.58. The van der Waals surface area contributed by atoms with E-state index < -0.39 is 0 Å². The van der Waals surface area contributed by atoms with Crippen LogP contribution in [0.25, 0.3) is 0 Å². The van der Waals surface area contributed by atoms with E-state index in [-0.39, 0.29) is 23.3 Å². The van der Waals surface area contributed by atoms with Gasteiger partial charge in [0, 0.05) is 31.0 Å². The molecule has 0 bridgehead atoms. The molecule has 1 saturated carbocycles. The van der Waals surface area contributed by atoms with Gasteiger partial charge in [0.15, 0.2) is 0 Å². The molecule has 0 aromatic rings. The number of nitrogens with two attached hydrogens (primary N) is 1. The van der Waals surface area contributed by atoms with Crippen molar-refractivity contribution < 1.29 is 9.59 Å². The minimum atomic E-state index is -0.388. The monoisotopic (exact) mass is 269 g/mol. The number of amides is 2. The highest BCUT2D eigenvalue weighted by Crippen LogP contribution is 2.26. The molecule has 5 nitrogen and oxygen atoms in total. The fraction of sp³-hybridized carbons (Fsp3) is 0.857. The van der Waals surface area contributed by atoms with E-state index in [1.165, 1.54) is 0 Å². The zero-order chi connectivity index (χ0) is 14.5. The van der Waals surface area contributed by atoms with Gasteiger partial charge in [0.05, 0.1) is 0 Å². The van der Waals surface area contributed by atoms with E-state index in [2.05, 4.69) is 10.6 Å². The van der Waals surface area contributed by atoms with Gasteiger partial charge in [-0.1, -0.05) is 27.2 Å². The lowest BCUT2D eigenvalue weighted by atomic mass is 9.96. The van der Waals surface area contributed by atoms with Crippen LogP contribution in [0.5, 0.6) is 0 Å². The molecule has 1 aliphatic rings. The van der Waals surface area contributed by atoms with E-state index in [0.717, 1.165) is 19.3 Å². The molecule has 110 valence electrons. The van der Waals surface area contributed by atoms with Gasteiger partial charge in [-0.3, -0.25) is 9.59 Å². The van der Waals surface area contributed by atoms with Gasteiger partial charge >= 0.3 is 0 Å². The van der Waals surface area contributed by atoms with Gasteiger partial charge in [0.2, 0.25) is 11.8 Å². The molecule has 4 N–H and O–H groups in total. The Kier molecular flexibility index (Phi) is 5.79. The first-order chi connectivity index (χ1) is 8.80. The number of carbonyl (C=O) groups excluding carboxylic acids is 2. The minimum absolute atomic E-state index is 0.000404. The number of hydrogen-bond donors (Lipinski definition) is 3. The SMILES string of the molecule is CC(C)(C)C(=O)NCCNC(=O)C[C@@H]1CCC[C@H]1N. The van der Waals surface area contributed by atoms with E-state index in [0.29, 0.717) is 25.4 Å². The zero-order valence-corrected chi connectivity index (χ0v) is 12.3. The molecule has 2 amide bonds. The summed E-state index contributed by atoms with van der Waals surface area (Å²) in [6, 6.07) is 0.173. The summed E-state index contributed by atoms with van der Waals surface area (Å²) < 4.78 is 0. The second-order valence-corrected chi connectivity index (χ2v) is 6.41. The Morgan fingerprint density at radius 1 is 1.16 bits per heavy atom. The predicted molar refractivity (Wildman–Crippen MR) is 75.4 cm³/mol. The lowest BCUT2D eigenvalue weighted by Crippen LogP contribution is -2.40. The van der Waals surface area contributed by atoms with Crippen LogP contribution in [-0.4, -0.2) is 30.9 Å². The van der Waals surface area contributed by atoms with E-state index in [9.17, 15) is 9.59 Å². The predicted octanol–water partition coefficient (Wildman–Crippen LogP) is 0.782. The molecule has 0 heterocycles. The van der Waals surface area contributed by atoms with Crippen molar-refractivity contribution >= 4 is 11.8 Å². The summed E-state index contributed by atoms with van der Waals surface area (Å²) in [7, 11) is 0. The van der Waals surface area contributed by atoms with Gasteiger partial charge in [0.25, 0.3) is 0 Å². The zero-order valence-electron chi connectivity index (χ0n) is 12.3. The van der Waals surface area contributed by atoms with Gasteiger partial charge in [-0.2, -0.15) is 0 Å². The summed E-state index contributed by atoms with van der Waals surface area (Å²) in [5, 5.41) is 5.63. The molecular formula is C14H27N3O2. The van der Waals surface area contributed by atoms with E-state index in [1.54, 1.807) is 0 Å². The van der Waals surface area contributed by atoms with Crippen LogP contribution in [0.4, 0.5) is 0 Å². The highest BCUT2D eigenvalue weighted by Gasteiger charge is 2.26. The van der Waals surface area contributed by atoms with Crippen molar-refractivity contribution in [1.29, 1.82) is 0 Å². The van der Waals surface area contributed by atoms with Crippen molar-refractivity contribution in [3.05, 3.63) is 0 Å². The van der Waals surface area contributed by atoms with Crippen LogP contribution in [0.3, 0.4) is 0 Å². The maximum Gasteiger partial charge on any atom is 0.225 e. The fourth-order valence-electron chi connectivity index (χ4n) is 2.27. The Bertz CT molecular complexity index is 323. The van der Waals surface area contributed by atoms with Crippen molar-refractivity contribution in [2.75, 3.05) is 13.1 Å². The van der Waals surface area contributed by atoms with E-state index >= 15 is 0 Å². The highest BCUT2D eigenvalue weighted by molar-refractivity contribution is 5.81. The molecule has 5 heteroatoms. The topological polar surface area (TPSA) is 84.2 Å². The van der Waals surface area contributed by atoms with Crippen molar-refractivity contribution in [2.45, 2.75) is 52.5 Å². The first-order valence-electron chi connectivity index (χ1n) is 7.11. The van der Waals surface area contributed by atoms with E-state index in [1.807, 2.05) is 20.8 Å². The van der Waals surface area contributed by atoms with Gasteiger partial charge in [-0.15, -0.1) is 0 Å². The second kappa shape index (κ2) is 6.89. The minimum Gasteiger partial charge on any atom is -0.354 e. The van der Waals surface area contributed by atoms with Crippen LogP contribution < -0.4 is 16.4 Å². The number of nitrogens with one attached hydrogen (secondary N) is 2. The van der Waals surface area contributed by atoms with Crippen LogP contribution in [0.2, 0.25) is 0 Å². The van der Waals surface area contributed by atoms with Crippen LogP contribution in [0, 0.1) is 11.3 Å². The molecular weight excluding hydrogens is 242 g/mol. The van der Waals surface area contributed by atoms with Crippen LogP contribution in [-0.2, 0) is 9.59 Å². The molecule has 0 aliphatic heterocycles. The molecule has 1 fully saturated rings. The Hall–Kier alpha value is -1.10. The standard InChI is InChI=1S/C14H27N3O2/c1-14(2,3)13(19)17-8-7-16-12(18)9-10-5-4-6-11(10)15/h10-11H,4-9,15H2,1-3H3,(H,16,18)(H,17,19)/t10-,11+/m0/s1. The molecule has 0 spiro atoms. The molecule has 0 aromatic carbocycles. The normalized spacial score (nSPS) is 23.2. The first-order valence-corrected chi connectivity index (χ1v) is 7.11. The largest absolute Gasteiger partial charge is 0.354 e. The second-order valence-electron chi connectivity index (χ2n) is 6.41. The molecule has 0 aromatic heterocycles. The summed E-state index contributed by atoms with van der Waals surface area (Å²) >= 11 is 0. The van der Waals surface area contributed by atoms with Gasteiger partial charge in [0.1, 0.15) is 0 Å². The lowest BCUT2D eigenvalue weighted by Gasteiger charge is -2.18. The third kappa shape index (κ3) is 5.59. The molecule has 0 unspecified atom stereocenters. The molecule has 2 atom stereocenters. The molecule has 1 aliphatic carbocycles. The summed E-state index contributed by atoms with van der Waals surface area (Å²) in [6.07, 6.45) is 3.71. The summed E-state index contributed by atoms with van der Waals surface area (Å²) in [5.74, 6) is 0.357. The third-order valence-electron chi connectivity index (χ3n) is 3.58. The van der Waals surface area contributed by atoms with Crippen LogP contribution >= 0.6 is 0 Å². The van der Waals surface area contributed by atoms with Crippen molar-refractivity contribution in [2.24, 2.45) is 17.1 Å².